The fourth-order valence-electron chi connectivity index (χ4n) is 3.92. The van der Waals surface area contributed by atoms with Crippen LogP contribution >= 0.6 is 0 Å². The zero-order valence-electron chi connectivity index (χ0n) is 19.4. The fraction of sp³-hybridized carbons (Fsp3) is 0.320. The van der Waals surface area contributed by atoms with E-state index in [0.29, 0.717) is 46.5 Å². The Hall–Kier alpha value is -3.30. The molecule has 1 fully saturated rings. The lowest BCUT2D eigenvalue weighted by atomic mass is 10.1. The van der Waals surface area contributed by atoms with Gasteiger partial charge in [-0.1, -0.05) is 0 Å². The molecule has 0 saturated carbocycles. The summed E-state index contributed by atoms with van der Waals surface area (Å²) in [6.07, 6.45) is 1.46. The Morgan fingerprint density at radius 1 is 1.00 bits per heavy atom. The highest BCUT2D eigenvalue weighted by atomic mass is 32.2. The van der Waals surface area contributed by atoms with E-state index in [1.165, 1.54) is 28.6 Å². The van der Waals surface area contributed by atoms with Gasteiger partial charge in [-0.15, -0.1) is 0 Å². The predicted octanol–water partition coefficient (Wildman–Crippen LogP) is 4.15. The number of carbonyl (C=O) groups excluding carboxylic acids is 2. The van der Waals surface area contributed by atoms with E-state index in [4.69, 9.17) is 4.74 Å². The molecule has 0 bridgehead atoms. The Kier molecular flexibility index (Phi) is 6.67. The Bertz CT molecular complexity index is 1340. The van der Waals surface area contributed by atoms with Crippen LogP contribution in [0.15, 0.2) is 53.4 Å². The van der Waals surface area contributed by atoms with Crippen molar-refractivity contribution in [1.82, 2.24) is 9.29 Å². The molecule has 8 nitrogen and oxygen atoms in total. The van der Waals surface area contributed by atoms with E-state index < -0.39 is 21.9 Å². The van der Waals surface area contributed by atoms with Crippen molar-refractivity contribution < 1.29 is 22.7 Å². The number of nitrogens with one attached hydrogen (secondary N) is 1. The van der Waals surface area contributed by atoms with Crippen LogP contribution in [0.25, 0.3) is 10.9 Å². The highest BCUT2D eigenvalue weighted by Crippen LogP contribution is 2.26. The number of carbonyl (C=O) groups is 2. The van der Waals surface area contributed by atoms with Crippen LogP contribution in [0.4, 0.5) is 5.69 Å². The number of anilines is 1. The molecule has 0 unspecified atom stereocenters. The summed E-state index contributed by atoms with van der Waals surface area (Å²) in [5.74, 6) is -0.850. The number of hydrogen-bond acceptors (Lipinski definition) is 6. The lowest BCUT2D eigenvalue weighted by Gasteiger charge is -2.15. The molecule has 1 saturated heterocycles. The second-order valence-electron chi connectivity index (χ2n) is 8.59. The Labute approximate surface area is 199 Å². The molecule has 1 aliphatic rings. The molecule has 0 radical (unpaired) electrons. The number of ether oxygens (including phenoxy) is 1. The molecule has 1 aliphatic heterocycles. The van der Waals surface area contributed by atoms with E-state index in [1.54, 1.807) is 38.1 Å². The van der Waals surface area contributed by atoms with Crippen molar-refractivity contribution >= 4 is 38.5 Å². The summed E-state index contributed by atoms with van der Waals surface area (Å²) in [6.45, 7) is 6.40. The maximum absolute atomic E-state index is 13.0. The Morgan fingerprint density at radius 2 is 1.65 bits per heavy atom. The third-order valence-electron chi connectivity index (χ3n) is 5.58. The van der Waals surface area contributed by atoms with Gasteiger partial charge in [0.05, 0.1) is 27.8 Å². The zero-order chi connectivity index (χ0) is 24.5. The van der Waals surface area contributed by atoms with E-state index >= 15 is 0 Å². The smallest absolute Gasteiger partial charge is 0.338 e. The van der Waals surface area contributed by atoms with Gasteiger partial charge in [0.2, 0.25) is 10.0 Å². The first-order chi connectivity index (χ1) is 16.1. The van der Waals surface area contributed by atoms with Gasteiger partial charge in [-0.05, 0) is 82.1 Å². The van der Waals surface area contributed by atoms with Crippen molar-refractivity contribution in [3.63, 3.8) is 0 Å². The molecule has 34 heavy (non-hydrogen) atoms. The number of esters is 1. The van der Waals surface area contributed by atoms with Gasteiger partial charge in [-0.25, -0.2) is 13.2 Å². The summed E-state index contributed by atoms with van der Waals surface area (Å²) < 4.78 is 32.2. The van der Waals surface area contributed by atoms with E-state index in [1.807, 2.05) is 6.92 Å². The number of aromatic nitrogens is 1. The molecule has 4 rings (SSSR count). The molecule has 2 heterocycles. The molecule has 9 heteroatoms. The first-order valence-corrected chi connectivity index (χ1v) is 12.6. The molecular weight excluding hydrogens is 454 g/mol. The number of pyridine rings is 1. The van der Waals surface area contributed by atoms with Gasteiger partial charge < -0.3 is 10.1 Å². The molecule has 3 aromatic rings. The third kappa shape index (κ3) is 4.95. The number of amides is 1. The van der Waals surface area contributed by atoms with Crippen LogP contribution in [-0.2, 0) is 14.8 Å². The molecular formula is C25H27N3O5S. The standard InChI is InChI=1S/C25H27N3O5S/c1-16(2)33-25(30)19-8-11-22-21(15-19)23(14-17(3)26-22)27-24(29)18-6-9-20(10-7-18)34(31,32)28-12-4-5-13-28/h6-11,14-16H,4-5,12-13H2,1-3H3,(H,26,27,29). The zero-order valence-corrected chi connectivity index (χ0v) is 20.2. The summed E-state index contributed by atoms with van der Waals surface area (Å²) in [7, 11) is -3.55. The van der Waals surface area contributed by atoms with Gasteiger partial charge in [0, 0.05) is 29.7 Å². The largest absolute Gasteiger partial charge is 0.459 e. The van der Waals surface area contributed by atoms with Crippen molar-refractivity contribution in [2.75, 3.05) is 18.4 Å². The van der Waals surface area contributed by atoms with Gasteiger partial charge in [0.1, 0.15) is 0 Å². The highest BCUT2D eigenvalue weighted by Gasteiger charge is 2.27. The topological polar surface area (TPSA) is 106 Å². The molecule has 1 aromatic heterocycles. The van der Waals surface area contributed by atoms with Gasteiger partial charge in [0.15, 0.2) is 0 Å². The number of hydrogen-bond donors (Lipinski definition) is 1. The lowest BCUT2D eigenvalue weighted by molar-refractivity contribution is 0.0378. The maximum Gasteiger partial charge on any atom is 0.338 e. The average molecular weight is 482 g/mol. The van der Waals surface area contributed by atoms with Crippen LogP contribution in [0.3, 0.4) is 0 Å². The number of rotatable bonds is 6. The summed E-state index contributed by atoms with van der Waals surface area (Å²) in [5.41, 5.74) is 2.51. The average Bonchev–Trinajstić information content (AvgIpc) is 3.34. The molecule has 1 N–H and O–H groups in total. The maximum atomic E-state index is 13.0. The fourth-order valence-corrected chi connectivity index (χ4v) is 5.44. The minimum absolute atomic E-state index is 0.171. The van der Waals surface area contributed by atoms with E-state index in [-0.39, 0.29) is 11.0 Å². The van der Waals surface area contributed by atoms with Crippen LogP contribution in [0.2, 0.25) is 0 Å². The number of nitrogens with zero attached hydrogens (tertiary/aromatic N) is 2. The molecule has 1 amide bonds. The second-order valence-corrected chi connectivity index (χ2v) is 10.5. The second kappa shape index (κ2) is 9.52. The molecule has 0 atom stereocenters. The minimum atomic E-state index is -3.55. The van der Waals surface area contributed by atoms with Crippen molar-refractivity contribution in [3.8, 4) is 0 Å². The molecule has 0 spiro atoms. The summed E-state index contributed by atoms with van der Waals surface area (Å²) in [5, 5.41) is 3.47. The van der Waals surface area contributed by atoms with Crippen LogP contribution in [0.5, 0.6) is 0 Å². The quantitative estimate of drug-likeness (QED) is 0.531. The minimum Gasteiger partial charge on any atom is -0.459 e. The molecule has 2 aromatic carbocycles. The van der Waals surface area contributed by atoms with Gasteiger partial charge in [-0.2, -0.15) is 4.31 Å². The normalized spacial score (nSPS) is 14.5. The lowest BCUT2D eigenvalue weighted by Crippen LogP contribution is -2.27. The number of aryl methyl sites for hydroxylation is 1. The first kappa shape index (κ1) is 23.8. The van der Waals surface area contributed by atoms with Crippen molar-refractivity contribution in [2.45, 2.75) is 44.6 Å². The molecule has 178 valence electrons. The number of benzene rings is 2. The van der Waals surface area contributed by atoms with Crippen LogP contribution in [0.1, 0.15) is 53.1 Å². The summed E-state index contributed by atoms with van der Waals surface area (Å²) >= 11 is 0. The van der Waals surface area contributed by atoms with E-state index in [2.05, 4.69) is 10.3 Å². The SMILES string of the molecule is Cc1cc(NC(=O)c2ccc(S(=O)(=O)N3CCCC3)cc2)c2cc(C(=O)OC(C)C)ccc2n1. The van der Waals surface area contributed by atoms with Crippen molar-refractivity contribution in [2.24, 2.45) is 0 Å². The van der Waals surface area contributed by atoms with E-state index in [9.17, 15) is 18.0 Å². The first-order valence-electron chi connectivity index (χ1n) is 11.2. The number of fused-ring (bicyclic) bond motifs is 1. The molecule has 0 aliphatic carbocycles. The van der Waals surface area contributed by atoms with E-state index in [0.717, 1.165) is 12.8 Å². The summed E-state index contributed by atoms with van der Waals surface area (Å²) in [6, 6.07) is 12.6. The van der Waals surface area contributed by atoms with Gasteiger partial charge in [0.25, 0.3) is 5.91 Å². The van der Waals surface area contributed by atoms with Gasteiger partial charge in [-0.3, -0.25) is 9.78 Å². The monoisotopic (exact) mass is 481 g/mol. The van der Waals surface area contributed by atoms with Crippen LogP contribution < -0.4 is 5.32 Å². The summed E-state index contributed by atoms with van der Waals surface area (Å²) in [4.78, 5) is 30.0. The Balaban J connectivity index is 1.60. The van der Waals surface area contributed by atoms with Crippen LogP contribution in [-0.4, -0.2) is 48.8 Å². The van der Waals surface area contributed by atoms with Crippen molar-refractivity contribution in [1.29, 1.82) is 0 Å². The number of sulfonamides is 1. The highest BCUT2D eigenvalue weighted by molar-refractivity contribution is 7.89. The predicted molar refractivity (Wildman–Crippen MR) is 129 cm³/mol. The Morgan fingerprint density at radius 3 is 2.29 bits per heavy atom. The third-order valence-corrected chi connectivity index (χ3v) is 7.50. The van der Waals surface area contributed by atoms with Gasteiger partial charge >= 0.3 is 5.97 Å². The van der Waals surface area contributed by atoms with Crippen molar-refractivity contribution in [3.05, 3.63) is 65.4 Å². The van der Waals surface area contributed by atoms with Crippen LogP contribution in [0, 0.1) is 6.92 Å².